The number of nitrogens with zero attached hydrogens (tertiary/aromatic N) is 1. The Morgan fingerprint density at radius 3 is 2.39 bits per heavy atom. The lowest BCUT2D eigenvalue weighted by atomic mass is 10.1. The van der Waals surface area contributed by atoms with Crippen molar-refractivity contribution in [3.8, 4) is 5.75 Å². The summed E-state index contributed by atoms with van der Waals surface area (Å²) in [5.41, 5.74) is 5.55. The number of amides is 3. The van der Waals surface area contributed by atoms with Gasteiger partial charge < -0.3 is 15.4 Å². The number of carbonyl (C=O) groups is 3. The number of nitrogens with one attached hydrogen (secondary N) is 3. The Bertz CT molecular complexity index is 950. The fraction of sp³-hybridized carbons (Fsp3) is 0.304. The van der Waals surface area contributed by atoms with E-state index >= 15 is 0 Å². The number of benzene rings is 2. The van der Waals surface area contributed by atoms with Crippen LogP contribution in [0.25, 0.3) is 0 Å². The smallest absolute Gasteiger partial charge is 0.329 e. The molecule has 0 saturated carbocycles. The Balaban J connectivity index is 1.86. The molecule has 0 heterocycles. The first-order chi connectivity index (χ1) is 14.8. The second-order valence-electron chi connectivity index (χ2n) is 7.48. The van der Waals surface area contributed by atoms with E-state index in [4.69, 9.17) is 4.74 Å². The molecule has 0 aliphatic heterocycles. The molecule has 8 heteroatoms. The molecule has 0 aliphatic carbocycles. The van der Waals surface area contributed by atoms with E-state index in [0.29, 0.717) is 17.9 Å². The van der Waals surface area contributed by atoms with Crippen LogP contribution in [0.5, 0.6) is 5.75 Å². The van der Waals surface area contributed by atoms with E-state index in [1.165, 1.54) is 6.21 Å². The summed E-state index contributed by atoms with van der Waals surface area (Å²) in [6, 6.07) is 12.7. The molecule has 0 radical (unpaired) electrons. The maximum absolute atomic E-state index is 12.2. The molecule has 0 saturated heterocycles. The van der Waals surface area contributed by atoms with Crippen LogP contribution < -0.4 is 20.8 Å². The number of carbonyl (C=O) groups excluding carboxylic acids is 3. The van der Waals surface area contributed by atoms with Crippen molar-refractivity contribution in [1.82, 2.24) is 10.7 Å². The van der Waals surface area contributed by atoms with Crippen LogP contribution in [-0.4, -0.2) is 37.1 Å². The van der Waals surface area contributed by atoms with Gasteiger partial charge in [-0.2, -0.15) is 5.10 Å². The number of rotatable bonds is 8. The van der Waals surface area contributed by atoms with Crippen molar-refractivity contribution in [3.63, 3.8) is 0 Å². The van der Waals surface area contributed by atoms with Crippen LogP contribution in [0.15, 0.2) is 47.6 Å². The molecule has 31 heavy (non-hydrogen) atoms. The van der Waals surface area contributed by atoms with Gasteiger partial charge in [0.2, 0.25) is 0 Å². The standard InChI is InChI=1S/C23H28N4O4/c1-15(2)12-24-22(29)23(30)27-25-13-18-9-6-10-19(11-18)31-14-20(28)26-21-16(3)7-5-8-17(21)4/h5-11,13,15H,12,14H2,1-4H3,(H,24,29)(H,26,28)(H,27,30)/b25-13-. The lowest BCUT2D eigenvalue weighted by molar-refractivity contribution is -0.139. The van der Waals surface area contributed by atoms with Crippen LogP contribution in [0.3, 0.4) is 0 Å². The molecular weight excluding hydrogens is 396 g/mol. The minimum absolute atomic E-state index is 0.152. The number of ether oxygens (including phenoxy) is 1. The van der Waals surface area contributed by atoms with E-state index in [9.17, 15) is 14.4 Å². The Hall–Kier alpha value is -3.68. The van der Waals surface area contributed by atoms with Gasteiger partial charge >= 0.3 is 11.8 Å². The Morgan fingerprint density at radius 1 is 1.03 bits per heavy atom. The van der Waals surface area contributed by atoms with Crippen molar-refractivity contribution in [2.75, 3.05) is 18.5 Å². The van der Waals surface area contributed by atoms with Gasteiger partial charge in [0.1, 0.15) is 5.75 Å². The zero-order valence-electron chi connectivity index (χ0n) is 18.2. The van der Waals surface area contributed by atoms with Gasteiger partial charge in [-0.25, -0.2) is 5.43 Å². The third-order valence-corrected chi connectivity index (χ3v) is 4.23. The molecule has 0 bridgehead atoms. The molecule has 0 unspecified atom stereocenters. The third kappa shape index (κ3) is 7.93. The molecule has 0 aromatic heterocycles. The van der Waals surface area contributed by atoms with E-state index < -0.39 is 11.8 Å². The zero-order chi connectivity index (χ0) is 22.8. The highest BCUT2D eigenvalue weighted by atomic mass is 16.5. The summed E-state index contributed by atoms with van der Waals surface area (Å²) in [6.45, 7) is 7.98. The van der Waals surface area contributed by atoms with E-state index in [1.54, 1.807) is 24.3 Å². The van der Waals surface area contributed by atoms with Crippen molar-refractivity contribution in [2.24, 2.45) is 11.0 Å². The normalized spacial score (nSPS) is 10.7. The minimum atomic E-state index is -0.840. The zero-order valence-corrected chi connectivity index (χ0v) is 18.2. The fourth-order valence-electron chi connectivity index (χ4n) is 2.61. The molecule has 0 fully saturated rings. The topological polar surface area (TPSA) is 109 Å². The van der Waals surface area contributed by atoms with Crippen molar-refractivity contribution >= 4 is 29.6 Å². The SMILES string of the molecule is Cc1cccc(C)c1NC(=O)COc1cccc(/C=N\NC(=O)C(=O)NCC(C)C)c1. The fourth-order valence-corrected chi connectivity index (χ4v) is 2.61. The highest BCUT2D eigenvalue weighted by molar-refractivity contribution is 6.35. The molecule has 2 aromatic rings. The summed E-state index contributed by atoms with van der Waals surface area (Å²) >= 11 is 0. The van der Waals surface area contributed by atoms with Gasteiger partial charge in [0.15, 0.2) is 6.61 Å². The van der Waals surface area contributed by atoms with Gasteiger partial charge in [0, 0.05) is 12.2 Å². The second kappa shape index (κ2) is 11.5. The summed E-state index contributed by atoms with van der Waals surface area (Å²) in [7, 11) is 0. The number of para-hydroxylation sites is 1. The predicted molar refractivity (Wildman–Crippen MR) is 120 cm³/mol. The Labute approximate surface area is 182 Å². The quantitative estimate of drug-likeness (QED) is 0.344. The molecule has 0 atom stereocenters. The third-order valence-electron chi connectivity index (χ3n) is 4.23. The highest BCUT2D eigenvalue weighted by Crippen LogP contribution is 2.19. The van der Waals surface area contributed by atoms with Crippen molar-refractivity contribution < 1.29 is 19.1 Å². The van der Waals surface area contributed by atoms with Crippen LogP contribution in [-0.2, 0) is 14.4 Å². The summed E-state index contributed by atoms with van der Waals surface area (Å²) in [6.07, 6.45) is 1.39. The summed E-state index contributed by atoms with van der Waals surface area (Å²) in [5.74, 6) is -1.13. The van der Waals surface area contributed by atoms with E-state index in [2.05, 4.69) is 21.2 Å². The highest BCUT2D eigenvalue weighted by Gasteiger charge is 2.12. The molecule has 3 N–H and O–H groups in total. The van der Waals surface area contributed by atoms with Crippen molar-refractivity contribution in [3.05, 3.63) is 59.2 Å². The van der Waals surface area contributed by atoms with Gasteiger partial charge in [-0.05, 0) is 48.6 Å². The number of anilines is 1. The first-order valence-electron chi connectivity index (χ1n) is 9.96. The lowest BCUT2D eigenvalue weighted by Crippen LogP contribution is -2.39. The van der Waals surface area contributed by atoms with Gasteiger partial charge in [-0.3, -0.25) is 14.4 Å². The second-order valence-corrected chi connectivity index (χ2v) is 7.48. The maximum Gasteiger partial charge on any atom is 0.329 e. The van der Waals surface area contributed by atoms with Crippen LogP contribution in [0.4, 0.5) is 5.69 Å². The van der Waals surface area contributed by atoms with Crippen LogP contribution in [0.2, 0.25) is 0 Å². The van der Waals surface area contributed by atoms with Crippen LogP contribution >= 0.6 is 0 Å². The molecule has 2 aromatic carbocycles. The minimum Gasteiger partial charge on any atom is -0.484 e. The molecular formula is C23H28N4O4. The number of hydrogen-bond donors (Lipinski definition) is 3. The molecule has 164 valence electrons. The molecule has 3 amide bonds. The monoisotopic (exact) mass is 424 g/mol. The predicted octanol–water partition coefficient (Wildman–Crippen LogP) is 2.54. The van der Waals surface area contributed by atoms with Gasteiger partial charge in [-0.15, -0.1) is 0 Å². The van der Waals surface area contributed by atoms with E-state index in [0.717, 1.165) is 16.8 Å². The largest absolute Gasteiger partial charge is 0.484 e. The Kier molecular flexibility index (Phi) is 8.75. The Morgan fingerprint density at radius 2 is 1.71 bits per heavy atom. The summed E-state index contributed by atoms with van der Waals surface area (Å²) < 4.78 is 5.56. The van der Waals surface area contributed by atoms with Crippen molar-refractivity contribution in [2.45, 2.75) is 27.7 Å². The average molecular weight is 425 g/mol. The van der Waals surface area contributed by atoms with Crippen LogP contribution in [0, 0.1) is 19.8 Å². The van der Waals surface area contributed by atoms with Crippen molar-refractivity contribution in [1.29, 1.82) is 0 Å². The average Bonchev–Trinajstić information content (AvgIpc) is 2.73. The molecule has 2 rings (SSSR count). The molecule has 8 nitrogen and oxygen atoms in total. The number of hydrazone groups is 1. The number of aryl methyl sites for hydroxylation is 2. The summed E-state index contributed by atoms with van der Waals surface area (Å²) in [5, 5.41) is 9.15. The van der Waals surface area contributed by atoms with E-state index in [-0.39, 0.29) is 18.4 Å². The van der Waals surface area contributed by atoms with Gasteiger partial charge in [0.25, 0.3) is 5.91 Å². The van der Waals surface area contributed by atoms with Gasteiger partial charge in [-0.1, -0.05) is 44.2 Å². The lowest BCUT2D eigenvalue weighted by Gasteiger charge is -2.12. The molecule has 0 aliphatic rings. The maximum atomic E-state index is 12.2. The first-order valence-corrected chi connectivity index (χ1v) is 9.96. The van der Waals surface area contributed by atoms with E-state index in [1.807, 2.05) is 45.9 Å². The van der Waals surface area contributed by atoms with Gasteiger partial charge in [0.05, 0.1) is 6.21 Å². The van der Waals surface area contributed by atoms with Crippen LogP contribution in [0.1, 0.15) is 30.5 Å². The first kappa shape index (κ1) is 23.6. The summed E-state index contributed by atoms with van der Waals surface area (Å²) in [4.78, 5) is 35.5. The molecule has 0 spiro atoms. The number of hydrogen-bond acceptors (Lipinski definition) is 5.